The van der Waals surface area contributed by atoms with Crippen molar-refractivity contribution in [3.05, 3.63) is 0 Å². The van der Waals surface area contributed by atoms with E-state index in [1.165, 1.54) is 6.42 Å². The zero-order chi connectivity index (χ0) is 7.49. The Morgan fingerprint density at radius 3 is 1.89 bits per heavy atom. The topological polar surface area (TPSA) is 0 Å². The van der Waals surface area contributed by atoms with Crippen LogP contribution in [0, 0.1) is 0 Å². The van der Waals surface area contributed by atoms with E-state index in [1.807, 2.05) is 0 Å². The summed E-state index contributed by atoms with van der Waals surface area (Å²) in [6, 6.07) is 0. The Morgan fingerprint density at radius 2 is 1.89 bits per heavy atom. The molecule has 1 atom stereocenters. The molecule has 0 bridgehead atoms. The highest BCUT2D eigenvalue weighted by molar-refractivity contribution is 9.58. The number of halogens is 2. The van der Waals surface area contributed by atoms with Gasteiger partial charge in [-0.25, -0.2) is 0 Å². The van der Waals surface area contributed by atoms with Gasteiger partial charge in [-0.15, -0.1) is 0 Å². The van der Waals surface area contributed by atoms with Gasteiger partial charge >= 0.3 is 0 Å². The zero-order valence-corrected chi connectivity index (χ0v) is 10.1. The van der Waals surface area contributed by atoms with E-state index in [1.54, 1.807) is 0 Å². The van der Waals surface area contributed by atoms with Crippen LogP contribution in [0.25, 0.3) is 0 Å². The molecule has 0 nitrogen and oxygen atoms in total. The van der Waals surface area contributed by atoms with Gasteiger partial charge in [-0.2, -0.15) is 8.46 Å². The molecule has 0 fully saturated rings. The highest BCUT2D eigenvalue weighted by atomic mass is 79.9. The van der Waals surface area contributed by atoms with Crippen molar-refractivity contribution in [1.29, 1.82) is 0 Å². The second-order valence-electron chi connectivity index (χ2n) is 2.46. The van der Waals surface area contributed by atoms with E-state index in [-0.39, 0.29) is 0 Å². The second-order valence-corrected chi connectivity index (χ2v) is 11.3. The van der Waals surface area contributed by atoms with Gasteiger partial charge < -0.3 is 0 Å². The lowest BCUT2D eigenvalue weighted by molar-refractivity contribution is 0.918. The number of alkyl halides is 1. The first-order chi connectivity index (χ1) is 4.02. The van der Waals surface area contributed by atoms with E-state index in [0.29, 0.717) is 0 Å². The Balaban J connectivity index is 3.79. The predicted molar refractivity (Wildman–Crippen MR) is 56.2 cm³/mol. The third-order valence-corrected chi connectivity index (χ3v) is 6.30. The summed E-state index contributed by atoms with van der Waals surface area (Å²) in [4.78, 5) is 0. The van der Waals surface area contributed by atoms with Crippen LogP contribution in [0.5, 0.6) is 0 Å². The monoisotopic (exact) mass is 276 g/mol. The molecule has 0 aliphatic rings. The van der Waals surface area contributed by atoms with Gasteiger partial charge in [0.05, 0.1) is 0 Å². The van der Waals surface area contributed by atoms with Gasteiger partial charge in [-0.05, 0) is 33.7 Å². The number of hydrogen-bond acceptors (Lipinski definition) is 0. The summed E-state index contributed by atoms with van der Waals surface area (Å²) in [6.07, 6.45) is 5.85. The summed E-state index contributed by atoms with van der Waals surface area (Å²) in [5.41, 5.74) is 0. The van der Waals surface area contributed by atoms with Gasteiger partial charge in [-0.1, -0.05) is 22.9 Å². The predicted octanol–water partition coefficient (Wildman–Crippen LogP) is 3.53. The number of hydrogen-bond donors (Lipinski definition) is 0. The molecule has 0 heterocycles. The van der Waals surface area contributed by atoms with E-state index in [4.69, 9.17) is 0 Å². The molecule has 1 unspecified atom stereocenters. The van der Waals surface area contributed by atoms with Crippen LogP contribution in [0.3, 0.4) is 0 Å². The highest BCUT2D eigenvalue weighted by Crippen LogP contribution is 2.54. The van der Waals surface area contributed by atoms with Crippen molar-refractivity contribution in [3.8, 4) is 0 Å². The molecule has 0 saturated heterocycles. The van der Waals surface area contributed by atoms with Crippen molar-refractivity contribution in [1.82, 2.24) is 0 Å². The molecule has 58 valence electrons. The summed E-state index contributed by atoms with van der Waals surface area (Å²) in [6.45, 7) is 2.24. The van der Waals surface area contributed by atoms with E-state index in [2.05, 4.69) is 50.2 Å². The molecule has 0 aromatic heterocycles. The van der Waals surface area contributed by atoms with Gasteiger partial charge in [0.25, 0.3) is 0 Å². The highest BCUT2D eigenvalue weighted by Gasteiger charge is 2.17. The van der Waals surface area contributed by atoms with Crippen molar-refractivity contribution in [2.24, 2.45) is 0 Å². The lowest BCUT2D eigenvalue weighted by Crippen LogP contribution is -2.11. The minimum absolute atomic E-state index is 0.499. The molecule has 0 saturated carbocycles. The smallest absolute Gasteiger partial charge is 0.0143 e. The van der Waals surface area contributed by atoms with E-state index in [9.17, 15) is 0 Å². The molecule has 0 amide bonds. The average Bonchev–Trinajstić information content (AvgIpc) is 1.65. The fourth-order valence-electron chi connectivity index (χ4n) is 0.655. The van der Waals surface area contributed by atoms with Crippen LogP contribution in [-0.2, 0) is 0 Å². The molecule has 0 aliphatic heterocycles. The Kier molecular flexibility index (Phi) is 4.86. The number of rotatable bonds is 3. The summed E-state index contributed by atoms with van der Waals surface area (Å²) in [5, 5.41) is 1.94. The fourth-order valence-corrected chi connectivity index (χ4v) is 6.44. The normalized spacial score (nSPS) is 17.4. The molecule has 9 heavy (non-hydrogen) atoms. The molecule has 0 spiro atoms. The molecule has 0 aromatic rings. The summed E-state index contributed by atoms with van der Waals surface area (Å²) >= 11 is 7.22. The second kappa shape index (κ2) is 4.24. The largest absolute Gasteiger partial charge is 0.185 e. The standard InChI is InChI=1S/C6H14Br2S/c1-4-6(5-7)9(2,3)8/h6H,4-5H2,1-3H3. The summed E-state index contributed by atoms with van der Waals surface area (Å²) in [7, 11) is -0.499. The SMILES string of the molecule is CCC(CBr)S(C)(C)Br. The van der Waals surface area contributed by atoms with Crippen LogP contribution < -0.4 is 0 Å². The van der Waals surface area contributed by atoms with Crippen molar-refractivity contribution in [3.63, 3.8) is 0 Å². The molecular formula is C6H14Br2S. The van der Waals surface area contributed by atoms with Crippen molar-refractivity contribution < 1.29 is 0 Å². The third-order valence-electron chi connectivity index (χ3n) is 1.42. The lowest BCUT2D eigenvalue weighted by Gasteiger charge is -2.31. The van der Waals surface area contributed by atoms with Gasteiger partial charge in [0.15, 0.2) is 0 Å². The van der Waals surface area contributed by atoms with Crippen LogP contribution in [0.2, 0.25) is 0 Å². The average molecular weight is 278 g/mol. The van der Waals surface area contributed by atoms with Crippen LogP contribution in [0.1, 0.15) is 13.3 Å². The molecule has 0 rings (SSSR count). The first-order valence-corrected chi connectivity index (χ1v) is 8.47. The third kappa shape index (κ3) is 3.89. The fraction of sp³-hybridized carbons (Fsp3) is 1.00. The van der Waals surface area contributed by atoms with Crippen molar-refractivity contribution >= 4 is 39.2 Å². The lowest BCUT2D eigenvalue weighted by atomic mass is 10.4. The summed E-state index contributed by atoms with van der Waals surface area (Å²) in [5.74, 6) is 0. The van der Waals surface area contributed by atoms with E-state index < -0.39 is 8.46 Å². The van der Waals surface area contributed by atoms with Gasteiger partial charge in [0.1, 0.15) is 0 Å². The van der Waals surface area contributed by atoms with Crippen LogP contribution >= 0.6 is 39.2 Å². The molecule has 0 N–H and O–H groups in total. The van der Waals surface area contributed by atoms with Gasteiger partial charge in [-0.3, -0.25) is 0 Å². The van der Waals surface area contributed by atoms with Crippen LogP contribution in [0.4, 0.5) is 0 Å². The Hall–Kier alpha value is 1.31. The van der Waals surface area contributed by atoms with Gasteiger partial charge in [0.2, 0.25) is 0 Å². The minimum Gasteiger partial charge on any atom is -0.185 e. The first-order valence-electron chi connectivity index (χ1n) is 3.00. The molecule has 0 aliphatic carbocycles. The first kappa shape index (κ1) is 10.3. The van der Waals surface area contributed by atoms with E-state index in [0.717, 1.165) is 10.6 Å². The molecular weight excluding hydrogens is 264 g/mol. The molecule has 0 radical (unpaired) electrons. The Labute approximate surface area is 75.4 Å². The quantitative estimate of drug-likeness (QED) is 0.693. The molecule has 3 heteroatoms. The van der Waals surface area contributed by atoms with Crippen LogP contribution in [-0.4, -0.2) is 23.1 Å². The Bertz CT molecular complexity index is 73.6. The zero-order valence-electron chi connectivity index (χ0n) is 6.16. The van der Waals surface area contributed by atoms with Crippen LogP contribution in [0.15, 0.2) is 0 Å². The van der Waals surface area contributed by atoms with Gasteiger partial charge in [0, 0.05) is 10.6 Å². The summed E-state index contributed by atoms with van der Waals surface area (Å²) < 4.78 is 0. The maximum Gasteiger partial charge on any atom is 0.0143 e. The van der Waals surface area contributed by atoms with Crippen molar-refractivity contribution in [2.45, 2.75) is 18.6 Å². The Morgan fingerprint density at radius 1 is 1.44 bits per heavy atom. The minimum atomic E-state index is -0.499. The van der Waals surface area contributed by atoms with Crippen molar-refractivity contribution in [2.75, 3.05) is 17.8 Å². The maximum absolute atomic E-state index is 3.72. The van der Waals surface area contributed by atoms with E-state index >= 15 is 0 Å². The maximum atomic E-state index is 3.72. The molecule has 0 aromatic carbocycles.